The van der Waals surface area contributed by atoms with Crippen molar-refractivity contribution in [3.63, 3.8) is 0 Å². The summed E-state index contributed by atoms with van der Waals surface area (Å²) in [7, 11) is 0. The van der Waals surface area contributed by atoms with Crippen LogP contribution < -0.4 is 10.6 Å². The van der Waals surface area contributed by atoms with E-state index in [1.165, 1.54) is 23.1 Å². The highest BCUT2D eigenvalue weighted by molar-refractivity contribution is 9.10. The molecule has 188 valence electrons. The largest absolute Gasteiger partial charge is 0.481 e. The number of carboxylic acid groups (broad SMARTS) is 1. The molecule has 1 atom stereocenters. The second-order valence-electron chi connectivity index (χ2n) is 7.91. The van der Waals surface area contributed by atoms with E-state index in [0.29, 0.717) is 10.8 Å². The number of carbonyl (C=O) groups is 3. The number of thiazole rings is 1. The number of hydrogen-bond donors (Lipinski definition) is 3. The Morgan fingerprint density at radius 3 is 2.43 bits per heavy atom. The Balaban J connectivity index is 1.49. The van der Waals surface area contributed by atoms with Crippen molar-refractivity contribution in [1.82, 2.24) is 4.98 Å². The first-order chi connectivity index (χ1) is 17.9. The Kier molecular flexibility index (Phi) is 9.10. The van der Waals surface area contributed by atoms with Gasteiger partial charge in [-0.05, 0) is 35.9 Å². The third kappa shape index (κ3) is 7.75. The minimum Gasteiger partial charge on any atom is -0.481 e. The fraction of sp³-hybridized carbons (Fsp3) is 0.111. The van der Waals surface area contributed by atoms with Crippen LogP contribution in [0.2, 0.25) is 0 Å². The van der Waals surface area contributed by atoms with Crippen LogP contribution in [-0.2, 0) is 14.4 Å². The number of aliphatic carboxylic acids is 1. The van der Waals surface area contributed by atoms with E-state index in [-0.39, 0.29) is 24.7 Å². The number of nitrogens with one attached hydrogen (secondary N) is 2. The van der Waals surface area contributed by atoms with Gasteiger partial charge in [0.05, 0.1) is 12.1 Å². The normalized spacial score (nSPS) is 11.5. The van der Waals surface area contributed by atoms with E-state index in [1.54, 1.807) is 18.2 Å². The van der Waals surface area contributed by atoms with Crippen LogP contribution in [0.25, 0.3) is 11.3 Å². The zero-order chi connectivity index (χ0) is 26.2. The number of aromatic nitrogens is 1. The van der Waals surface area contributed by atoms with Crippen molar-refractivity contribution in [3.8, 4) is 11.3 Å². The average molecular weight is 597 g/mol. The molecule has 0 radical (unpaired) electrons. The van der Waals surface area contributed by atoms with Gasteiger partial charge < -0.3 is 15.7 Å². The minimum absolute atomic E-state index is 0.113. The number of carbonyl (C=O) groups excluding carboxylic acids is 2. The van der Waals surface area contributed by atoms with Gasteiger partial charge in [-0.2, -0.15) is 0 Å². The van der Waals surface area contributed by atoms with Gasteiger partial charge in [-0.3, -0.25) is 14.4 Å². The summed E-state index contributed by atoms with van der Waals surface area (Å²) in [5, 5.41) is 16.3. The molecule has 7 nitrogen and oxygen atoms in total. The molecule has 3 N–H and O–H groups in total. The predicted molar refractivity (Wildman–Crippen MR) is 151 cm³/mol. The van der Waals surface area contributed by atoms with Gasteiger partial charge in [0.1, 0.15) is 5.25 Å². The molecule has 0 bridgehead atoms. The molecule has 10 heteroatoms. The molecule has 0 saturated heterocycles. The molecule has 0 aliphatic rings. The summed E-state index contributed by atoms with van der Waals surface area (Å²) in [6.07, 6.45) is -0.353. The van der Waals surface area contributed by atoms with Crippen molar-refractivity contribution >= 4 is 67.6 Å². The second-order valence-corrected chi connectivity index (χ2v) is 10.9. The van der Waals surface area contributed by atoms with Crippen LogP contribution in [0.15, 0.2) is 93.6 Å². The summed E-state index contributed by atoms with van der Waals surface area (Å²) in [5.74, 6) is -1.63. The summed E-state index contributed by atoms with van der Waals surface area (Å²) in [4.78, 5) is 41.5. The van der Waals surface area contributed by atoms with Crippen LogP contribution in [0.4, 0.5) is 10.8 Å². The number of anilines is 2. The van der Waals surface area contributed by atoms with Crippen molar-refractivity contribution in [2.24, 2.45) is 0 Å². The molecule has 0 aliphatic heterocycles. The Hall–Kier alpha value is -3.47. The molecular formula is C27H22BrN3O4S2. The first-order valence-electron chi connectivity index (χ1n) is 11.2. The molecule has 0 saturated carbocycles. The molecule has 1 heterocycles. The van der Waals surface area contributed by atoms with Crippen LogP contribution in [-0.4, -0.2) is 27.9 Å². The van der Waals surface area contributed by atoms with Gasteiger partial charge >= 0.3 is 5.97 Å². The lowest BCUT2D eigenvalue weighted by molar-refractivity contribution is -0.138. The monoisotopic (exact) mass is 595 g/mol. The lowest BCUT2D eigenvalue weighted by atomic mass is 10.1. The Morgan fingerprint density at radius 2 is 1.70 bits per heavy atom. The van der Waals surface area contributed by atoms with Crippen LogP contribution >= 0.6 is 39.0 Å². The van der Waals surface area contributed by atoms with E-state index < -0.39 is 11.2 Å². The number of rotatable bonds is 10. The average Bonchev–Trinajstić information content (AvgIpc) is 3.35. The van der Waals surface area contributed by atoms with Gasteiger partial charge in [-0.15, -0.1) is 23.1 Å². The van der Waals surface area contributed by atoms with E-state index in [1.807, 2.05) is 66.0 Å². The number of thioether (sulfide) groups is 1. The third-order valence-electron chi connectivity index (χ3n) is 5.15. The molecule has 0 spiro atoms. The molecule has 4 rings (SSSR count). The second kappa shape index (κ2) is 12.7. The molecular weight excluding hydrogens is 574 g/mol. The molecule has 4 aromatic rings. The summed E-state index contributed by atoms with van der Waals surface area (Å²) >= 11 is 6.14. The zero-order valence-electron chi connectivity index (χ0n) is 19.4. The van der Waals surface area contributed by atoms with Crippen molar-refractivity contribution < 1.29 is 19.5 Å². The summed E-state index contributed by atoms with van der Waals surface area (Å²) in [5.41, 5.74) is 3.09. The van der Waals surface area contributed by atoms with Crippen molar-refractivity contribution in [2.75, 3.05) is 10.6 Å². The number of benzene rings is 3. The maximum absolute atomic E-state index is 13.4. The summed E-state index contributed by atoms with van der Waals surface area (Å²) in [6.45, 7) is 0. The molecule has 0 aliphatic carbocycles. The fourth-order valence-electron chi connectivity index (χ4n) is 3.38. The molecule has 37 heavy (non-hydrogen) atoms. The SMILES string of the molecule is O=C(O)CCC(=O)Nc1cccc(SC(C(=O)Nc2nc(-c3ccc(Br)cc3)cs2)c2ccccc2)c1. The smallest absolute Gasteiger partial charge is 0.303 e. The molecule has 1 unspecified atom stereocenters. The minimum atomic E-state index is -1.03. The highest BCUT2D eigenvalue weighted by Gasteiger charge is 2.23. The van der Waals surface area contributed by atoms with Crippen molar-refractivity contribution in [3.05, 3.63) is 94.3 Å². The van der Waals surface area contributed by atoms with Gasteiger partial charge in [-0.1, -0.05) is 64.5 Å². The topological polar surface area (TPSA) is 108 Å². The van der Waals surface area contributed by atoms with Gasteiger partial charge in [-0.25, -0.2) is 4.98 Å². The third-order valence-corrected chi connectivity index (χ3v) is 7.69. The lowest BCUT2D eigenvalue weighted by Crippen LogP contribution is -2.19. The first kappa shape index (κ1) is 26.6. The quantitative estimate of drug-likeness (QED) is 0.173. The van der Waals surface area contributed by atoms with E-state index in [0.717, 1.165) is 26.2 Å². The highest BCUT2D eigenvalue weighted by atomic mass is 79.9. The number of halogens is 1. The standard InChI is InChI=1S/C27H22BrN3O4S2/c28-19-11-9-17(10-12-19)22-16-36-27(30-22)31-26(35)25(18-5-2-1-3-6-18)37-21-8-4-7-20(15-21)29-23(32)13-14-24(33)34/h1-12,15-16,25H,13-14H2,(H,29,32)(H,33,34)(H,30,31,35). The van der Waals surface area contributed by atoms with Crippen LogP contribution in [0.5, 0.6) is 0 Å². The van der Waals surface area contributed by atoms with E-state index in [2.05, 4.69) is 31.5 Å². The number of nitrogens with zero attached hydrogens (tertiary/aromatic N) is 1. The van der Waals surface area contributed by atoms with Gasteiger partial charge in [0.2, 0.25) is 11.8 Å². The predicted octanol–water partition coefficient (Wildman–Crippen LogP) is 6.85. The maximum Gasteiger partial charge on any atom is 0.303 e. The van der Waals surface area contributed by atoms with Gasteiger partial charge in [0, 0.05) is 32.4 Å². The number of hydrogen-bond acceptors (Lipinski definition) is 6. The molecule has 3 aromatic carbocycles. The Labute approximate surface area is 230 Å². The summed E-state index contributed by atoms with van der Waals surface area (Å²) < 4.78 is 0.978. The van der Waals surface area contributed by atoms with Crippen molar-refractivity contribution in [1.29, 1.82) is 0 Å². The first-order valence-corrected chi connectivity index (χ1v) is 13.8. The Morgan fingerprint density at radius 1 is 0.946 bits per heavy atom. The maximum atomic E-state index is 13.4. The van der Waals surface area contributed by atoms with Crippen LogP contribution in [0, 0.1) is 0 Å². The van der Waals surface area contributed by atoms with Crippen LogP contribution in [0.3, 0.4) is 0 Å². The number of carboxylic acids is 1. The fourth-order valence-corrected chi connectivity index (χ4v) is 5.45. The lowest BCUT2D eigenvalue weighted by Gasteiger charge is -2.17. The molecule has 0 fully saturated rings. The van der Waals surface area contributed by atoms with Crippen LogP contribution in [0.1, 0.15) is 23.7 Å². The zero-order valence-corrected chi connectivity index (χ0v) is 22.6. The van der Waals surface area contributed by atoms with Gasteiger partial charge in [0.25, 0.3) is 0 Å². The van der Waals surface area contributed by atoms with Gasteiger partial charge in [0.15, 0.2) is 5.13 Å². The molecule has 1 aromatic heterocycles. The Bertz CT molecular complexity index is 1390. The van der Waals surface area contributed by atoms with E-state index in [9.17, 15) is 14.4 Å². The van der Waals surface area contributed by atoms with E-state index in [4.69, 9.17) is 5.11 Å². The van der Waals surface area contributed by atoms with E-state index >= 15 is 0 Å². The van der Waals surface area contributed by atoms with Crippen molar-refractivity contribution in [2.45, 2.75) is 23.0 Å². The number of amides is 2. The summed E-state index contributed by atoms with van der Waals surface area (Å²) in [6, 6.07) is 24.4. The molecule has 2 amide bonds. The highest BCUT2D eigenvalue weighted by Crippen LogP contribution is 2.37.